The Bertz CT molecular complexity index is 1150. The van der Waals surface area contributed by atoms with Crippen molar-refractivity contribution in [2.45, 2.75) is 47.9 Å². The fraction of sp³-hybridized carbons (Fsp3) is 0.364. The molecule has 1 N–H and O–H groups in total. The second kappa shape index (κ2) is 6.94. The molecule has 1 saturated heterocycles. The van der Waals surface area contributed by atoms with Gasteiger partial charge in [-0.1, -0.05) is 30.3 Å². The number of nitrogens with zero attached hydrogens (tertiary/aromatic N) is 2. The minimum atomic E-state index is -3.70. The van der Waals surface area contributed by atoms with Crippen molar-refractivity contribution >= 4 is 20.6 Å². The lowest BCUT2D eigenvalue weighted by atomic mass is 9.97. The van der Waals surface area contributed by atoms with E-state index < -0.39 is 9.84 Å². The van der Waals surface area contributed by atoms with Crippen molar-refractivity contribution in [3.05, 3.63) is 59.5 Å². The molecule has 2 aliphatic rings. The van der Waals surface area contributed by atoms with Crippen LogP contribution in [0.25, 0.3) is 10.8 Å². The van der Waals surface area contributed by atoms with Gasteiger partial charge in [0.2, 0.25) is 9.84 Å². The molecule has 144 valence electrons. The first-order valence-electron chi connectivity index (χ1n) is 9.97. The third-order valence-electron chi connectivity index (χ3n) is 5.87. The SMILES string of the molecule is O=S(=O)(c1ccc2ccccc2c1)c1nc(C2CCNC2)nc2c1CCCC2. The van der Waals surface area contributed by atoms with Crippen LogP contribution in [0.1, 0.15) is 42.3 Å². The molecule has 6 heteroatoms. The van der Waals surface area contributed by atoms with Gasteiger partial charge in [0.25, 0.3) is 0 Å². The molecule has 0 bridgehead atoms. The minimum absolute atomic E-state index is 0.192. The van der Waals surface area contributed by atoms with Crippen LogP contribution in [0.5, 0.6) is 0 Å². The maximum absolute atomic E-state index is 13.6. The molecule has 5 rings (SSSR count). The highest BCUT2D eigenvalue weighted by Crippen LogP contribution is 2.32. The van der Waals surface area contributed by atoms with Crippen LogP contribution in [0.3, 0.4) is 0 Å². The first-order chi connectivity index (χ1) is 13.6. The summed E-state index contributed by atoms with van der Waals surface area (Å²) in [6.45, 7) is 1.74. The Morgan fingerprint density at radius 2 is 1.79 bits per heavy atom. The van der Waals surface area contributed by atoms with E-state index in [0.717, 1.165) is 67.2 Å². The van der Waals surface area contributed by atoms with Crippen molar-refractivity contribution in [2.75, 3.05) is 13.1 Å². The van der Waals surface area contributed by atoms with E-state index in [1.807, 2.05) is 30.3 Å². The van der Waals surface area contributed by atoms with Gasteiger partial charge in [0.15, 0.2) is 5.03 Å². The first-order valence-corrected chi connectivity index (χ1v) is 11.5. The molecule has 1 atom stereocenters. The van der Waals surface area contributed by atoms with Crippen molar-refractivity contribution in [1.82, 2.24) is 15.3 Å². The smallest absolute Gasteiger partial charge is 0.224 e. The zero-order chi connectivity index (χ0) is 19.1. The zero-order valence-corrected chi connectivity index (χ0v) is 16.5. The van der Waals surface area contributed by atoms with Gasteiger partial charge in [-0.15, -0.1) is 0 Å². The topological polar surface area (TPSA) is 72.0 Å². The Labute approximate surface area is 165 Å². The van der Waals surface area contributed by atoms with E-state index in [1.54, 1.807) is 12.1 Å². The van der Waals surface area contributed by atoms with E-state index in [9.17, 15) is 8.42 Å². The van der Waals surface area contributed by atoms with Gasteiger partial charge < -0.3 is 5.32 Å². The lowest BCUT2D eigenvalue weighted by Gasteiger charge is -2.20. The van der Waals surface area contributed by atoms with Crippen molar-refractivity contribution in [3.63, 3.8) is 0 Å². The summed E-state index contributed by atoms with van der Waals surface area (Å²) < 4.78 is 27.2. The Hall–Kier alpha value is -2.31. The van der Waals surface area contributed by atoms with E-state index in [1.165, 1.54) is 0 Å². The van der Waals surface area contributed by atoms with Gasteiger partial charge in [0.05, 0.1) is 4.90 Å². The number of nitrogens with one attached hydrogen (secondary N) is 1. The summed E-state index contributed by atoms with van der Waals surface area (Å²) in [5.41, 5.74) is 1.76. The van der Waals surface area contributed by atoms with Crippen LogP contribution >= 0.6 is 0 Å². The predicted octanol–water partition coefficient (Wildman–Crippen LogP) is 3.42. The molecule has 1 aromatic heterocycles. The molecule has 1 fully saturated rings. The van der Waals surface area contributed by atoms with Crippen LogP contribution in [0, 0.1) is 0 Å². The summed E-state index contributed by atoms with van der Waals surface area (Å²) in [6, 6.07) is 13.2. The van der Waals surface area contributed by atoms with Crippen molar-refractivity contribution in [1.29, 1.82) is 0 Å². The first kappa shape index (κ1) is 17.8. The number of fused-ring (bicyclic) bond motifs is 2. The molecule has 5 nitrogen and oxygen atoms in total. The molecule has 0 radical (unpaired) electrons. The van der Waals surface area contributed by atoms with Gasteiger partial charge >= 0.3 is 0 Å². The monoisotopic (exact) mass is 393 g/mol. The summed E-state index contributed by atoms with van der Waals surface area (Å²) in [4.78, 5) is 9.77. The lowest BCUT2D eigenvalue weighted by molar-refractivity contribution is 0.571. The van der Waals surface area contributed by atoms with Crippen LogP contribution in [-0.2, 0) is 22.7 Å². The second-order valence-electron chi connectivity index (χ2n) is 7.72. The van der Waals surface area contributed by atoms with E-state index in [0.29, 0.717) is 10.7 Å². The van der Waals surface area contributed by atoms with Gasteiger partial charge in [-0.3, -0.25) is 0 Å². The third-order valence-corrected chi connectivity index (χ3v) is 7.60. The second-order valence-corrected chi connectivity index (χ2v) is 9.59. The summed E-state index contributed by atoms with van der Waals surface area (Å²) in [5.74, 6) is 0.878. The normalized spacial score (nSPS) is 19.6. The maximum Gasteiger partial charge on any atom is 0.224 e. The van der Waals surface area contributed by atoms with Gasteiger partial charge in [0.1, 0.15) is 5.82 Å². The molecule has 3 aromatic rings. The largest absolute Gasteiger partial charge is 0.316 e. The molecule has 1 aliphatic heterocycles. The Morgan fingerprint density at radius 3 is 2.61 bits per heavy atom. The molecular weight excluding hydrogens is 370 g/mol. The molecule has 0 amide bonds. The number of rotatable bonds is 3. The standard InChI is InChI=1S/C22H23N3O2S/c26-28(27,18-10-9-15-5-1-2-6-16(15)13-18)22-19-7-3-4-8-20(19)24-21(25-22)17-11-12-23-14-17/h1-2,5-6,9-10,13,17,23H,3-4,7-8,11-12,14H2. The number of aromatic nitrogens is 2. The number of sulfone groups is 1. The number of hydrogen-bond donors (Lipinski definition) is 1. The van der Waals surface area contributed by atoms with Crippen LogP contribution in [-0.4, -0.2) is 31.5 Å². The highest BCUT2D eigenvalue weighted by atomic mass is 32.2. The maximum atomic E-state index is 13.6. The average Bonchev–Trinajstić information content (AvgIpc) is 3.27. The van der Waals surface area contributed by atoms with Crippen molar-refractivity contribution in [2.24, 2.45) is 0 Å². The molecule has 28 heavy (non-hydrogen) atoms. The highest BCUT2D eigenvalue weighted by molar-refractivity contribution is 7.91. The summed E-state index contributed by atoms with van der Waals surface area (Å²) in [7, 11) is -3.70. The summed E-state index contributed by atoms with van der Waals surface area (Å²) in [5, 5.41) is 5.52. The molecule has 0 saturated carbocycles. The number of hydrogen-bond acceptors (Lipinski definition) is 5. The molecule has 2 heterocycles. The Balaban J connectivity index is 1.68. The van der Waals surface area contributed by atoms with E-state index in [-0.39, 0.29) is 10.9 Å². The predicted molar refractivity (Wildman–Crippen MR) is 108 cm³/mol. The Morgan fingerprint density at radius 1 is 0.964 bits per heavy atom. The molecule has 1 aliphatic carbocycles. The van der Waals surface area contributed by atoms with Crippen molar-refractivity contribution in [3.8, 4) is 0 Å². The molecule has 2 aromatic carbocycles. The zero-order valence-electron chi connectivity index (χ0n) is 15.7. The fourth-order valence-electron chi connectivity index (χ4n) is 4.30. The van der Waals surface area contributed by atoms with Gasteiger partial charge in [0, 0.05) is 23.7 Å². The fourth-order valence-corrected chi connectivity index (χ4v) is 5.81. The van der Waals surface area contributed by atoms with Crippen LogP contribution in [0.4, 0.5) is 0 Å². The average molecular weight is 394 g/mol. The summed E-state index contributed by atoms with van der Waals surface area (Å²) in [6.07, 6.45) is 4.57. The van der Waals surface area contributed by atoms with Crippen LogP contribution < -0.4 is 5.32 Å². The highest BCUT2D eigenvalue weighted by Gasteiger charge is 2.30. The lowest BCUT2D eigenvalue weighted by Crippen LogP contribution is -2.20. The van der Waals surface area contributed by atoms with Crippen molar-refractivity contribution < 1.29 is 8.42 Å². The molecule has 1 unspecified atom stereocenters. The summed E-state index contributed by atoms with van der Waals surface area (Å²) >= 11 is 0. The quantitative estimate of drug-likeness (QED) is 0.691. The van der Waals surface area contributed by atoms with E-state index in [2.05, 4.69) is 10.3 Å². The molecule has 0 spiro atoms. The van der Waals surface area contributed by atoms with E-state index in [4.69, 9.17) is 4.98 Å². The van der Waals surface area contributed by atoms with Crippen LogP contribution in [0.2, 0.25) is 0 Å². The minimum Gasteiger partial charge on any atom is -0.316 e. The number of benzene rings is 2. The van der Waals surface area contributed by atoms with Gasteiger partial charge in [-0.2, -0.15) is 0 Å². The Kier molecular flexibility index (Phi) is 4.40. The third kappa shape index (κ3) is 3.01. The van der Waals surface area contributed by atoms with E-state index >= 15 is 0 Å². The van der Waals surface area contributed by atoms with Crippen LogP contribution in [0.15, 0.2) is 52.4 Å². The van der Waals surface area contributed by atoms with Gasteiger partial charge in [-0.25, -0.2) is 18.4 Å². The molecular formula is C22H23N3O2S. The number of aryl methyl sites for hydroxylation is 1. The van der Waals surface area contributed by atoms with Gasteiger partial charge in [-0.05, 0) is 61.6 Å².